The summed E-state index contributed by atoms with van der Waals surface area (Å²) in [5.74, 6) is 0.0657. The predicted octanol–water partition coefficient (Wildman–Crippen LogP) is 1.63. The summed E-state index contributed by atoms with van der Waals surface area (Å²) in [4.78, 5) is 20.3. The van der Waals surface area contributed by atoms with Crippen LogP contribution in [0.25, 0.3) is 0 Å². The lowest BCUT2D eigenvalue weighted by molar-refractivity contribution is -0.117. The monoisotopic (exact) mass is 316 g/mol. The molecule has 0 aromatic carbocycles. The van der Waals surface area contributed by atoms with Gasteiger partial charge < -0.3 is 10.6 Å². The predicted molar refractivity (Wildman–Crippen MR) is 83.7 cm³/mol. The molecule has 2 N–H and O–H groups in total. The third-order valence-corrected chi connectivity index (χ3v) is 4.86. The second-order valence-electron chi connectivity index (χ2n) is 5.15. The Labute approximate surface area is 129 Å². The van der Waals surface area contributed by atoms with Gasteiger partial charge in [-0.1, -0.05) is 6.92 Å². The maximum atomic E-state index is 12.0. The molecule has 3 heterocycles. The van der Waals surface area contributed by atoms with Gasteiger partial charge in [0, 0.05) is 24.4 Å². The standard InChI is InChI=1S/C13H20N4OS.ClH/c1-2-17-7-5-9-11(8-17)19-13(15-9)16-12(18)10-4-3-6-14-10;/h10,14H,2-8H2,1H3,(H,15,16,18);1H. The summed E-state index contributed by atoms with van der Waals surface area (Å²) >= 11 is 1.63. The van der Waals surface area contributed by atoms with Crippen molar-refractivity contribution in [1.29, 1.82) is 0 Å². The minimum absolute atomic E-state index is 0. The Morgan fingerprint density at radius 3 is 3.15 bits per heavy atom. The van der Waals surface area contributed by atoms with E-state index in [1.807, 2.05) is 0 Å². The number of nitrogens with zero attached hydrogens (tertiary/aromatic N) is 2. The van der Waals surface area contributed by atoms with E-state index in [2.05, 4.69) is 27.4 Å². The number of anilines is 1. The lowest BCUT2D eigenvalue weighted by Gasteiger charge is -2.23. The number of carbonyl (C=O) groups is 1. The molecule has 1 atom stereocenters. The maximum absolute atomic E-state index is 12.0. The van der Waals surface area contributed by atoms with Gasteiger partial charge in [0.05, 0.1) is 11.7 Å². The van der Waals surface area contributed by atoms with Gasteiger partial charge in [-0.25, -0.2) is 4.98 Å². The lowest BCUT2D eigenvalue weighted by Crippen LogP contribution is -2.35. The van der Waals surface area contributed by atoms with E-state index in [1.165, 1.54) is 10.6 Å². The zero-order valence-electron chi connectivity index (χ0n) is 11.6. The van der Waals surface area contributed by atoms with Crippen molar-refractivity contribution in [3.8, 4) is 0 Å². The number of thiazole rings is 1. The van der Waals surface area contributed by atoms with Crippen LogP contribution in [0.3, 0.4) is 0 Å². The molecule has 0 radical (unpaired) electrons. The van der Waals surface area contributed by atoms with Gasteiger partial charge in [-0.3, -0.25) is 9.69 Å². The highest BCUT2D eigenvalue weighted by molar-refractivity contribution is 7.15. The molecular formula is C13H21ClN4OS. The first-order valence-electron chi connectivity index (χ1n) is 7.01. The third-order valence-electron chi connectivity index (χ3n) is 3.86. The summed E-state index contributed by atoms with van der Waals surface area (Å²) in [6, 6.07) is -0.0342. The molecule has 1 aromatic heterocycles. The molecule has 0 spiro atoms. The Balaban J connectivity index is 0.00000147. The smallest absolute Gasteiger partial charge is 0.243 e. The Kier molecular flexibility index (Phi) is 5.37. The molecule has 2 aliphatic rings. The SMILES string of the molecule is CCN1CCc2nc(NC(=O)C3CCCN3)sc2C1.Cl. The van der Waals surface area contributed by atoms with Gasteiger partial charge in [-0.2, -0.15) is 0 Å². The van der Waals surface area contributed by atoms with E-state index in [0.29, 0.717) is 0 Å². The van der Waals surface area contributed by atoms with Crippen molar-refractivity contribution in [2.75, 3.05) is 25.0 Å². The molecule has 1 saturated heterocycles. The average Bonchev–Trinajstić information content (AvgIpc) is 3.06. The highest BCUT2D eigenvalue weighted by atomic mass is 35.5. The average molecular weight is 317 g/mol. The Hall–Kier alpha value is -0.690. The summed E-state index contributed by atoms with van der Waals surface area (Å²) < 4.78 is 0. The van der Waals surface area contributed by atoms with Gasteiger partial charge in [0.2, 0.25) is 5.91 Å². The topological polar surface area (TPSA) is 57.3 Å². The number of hydrogen-bond donors (Lipinski definition) is 2. The molecule has 5 nitrogen and oxygen atoms in total. The summed E-state index contributed by atoms with van der Waals surface area (Å²) in [6.45, 7) is 6.25. The zero-order chi connectivity index (χ0) is 13.2. The summed E-state index contributed by atoms with van der Waals surface area (Å²) in [7, 11) is 0. The van der Waals surface area contributed by atoms with Crippen LogP contribution in [0.15, 0.2) is 0 Å². The Morgan fingerprint density at radius 1 is 1.60 bits per heavy atom. The molecule has 0 bridgehead atoms. The van der Waals surface area contributed by atoms with E-state index in [-0.39, 0.29) is 24.4 Å². The van der Waals surface area contributed by atoms with Crippen LogP contribution < -0.4 is 10.6 Å². The normalized spacial score (nSPS) is 22.1. The number of aromatic nitrogens is 1. The third kappa shape index (κ3) is 3.31. The molecule has 2 aliphatic heterocycles. The molecule has 1 aromatic rings. The van der Waals surface area contributed by atoms with Gasteiger partial charge in [0.25, 0.3) is 0 Å². The van der Waals surface area contributed by atoms with Crippen LogP contribution in [0.1, 0.15) is 30.3 Å². The number of halogens is 1. The number of rotatable bonds is 3. The van der Waals surface area contributed by atoms with Crippen molar-refractivity contribution in [3.63, 3.8) is 0 Å². The minimum atomic E-state index is -0.0342. The van der Waals surface area contributed by atoms with E-state index in [4.69, 9.17) is 0 Å². The van der Waals surface area contributed by atoms with Crippen molar-refractivity contribution in [1.82, 2.24) is 15.2 Å². The van der Waals surface area contributed by atoms with E-state index in [1.54, 1.807) is 11.3 Å². The summed E-state index contributed by atoms with van der Waals surface area (Å²) in [5.41, 5.74) is 1.17. The van der Waals surface area contributed by atoms with Crippen LogP contribution in [0.2, 0.25) is 0 Å². The van der Waals surface area contributed by atoms with E-state index in [0.717, 1.165) is 50.6 Å². The number of carbonyl (C=O) groups excluding carboxylic acids is 1. The number of nitrogens with one attached hydrogen (secondary N) is 2. The van der Waals surface area contributed by atoms with E-state index >= 15 is 0 Å². The van der Waals surface area contributed by atoms with Crippen LogP contribution in [0, 0.1) is 0 Å². The van der Waals surface area contributed by atoms with E-state index < -0.39 is 0 Å². The van der Waals surface area contributed by atoms with Crippen LogP contribution in [-0.4, -0.2) is 41.5 Å². The fraction of sp³-hybridized carbons (Fsp3) is 0.692. The Bertz CT molecular complexity index is 473. The first kappa shape index (κ1) is 15.7. The molecule has 0 saturated carbocycles. The van der Waals surface area contributed by atoms with Gasteiger partial charge >= 0.3 is 0 Å². The molecule has 1 fully saturated rings. The number of likely N-dealkylation sites (N-methyl/N-ethyl adjacent to an activating group) is 1. The first-order valence-corrected chi connectivity index (χ1v) is 7.83. The minimum Gasteiger partial charge on any atom is -0.306 e. The molecule has 20 heavy (non-hydrogen) atoms. The van der Waals surface area contributed by atoms with E-state index in [9.17, 15) is 4.79 Å². The molecule has 1 unspecified atom stereocenters. The number of hydrogen-bond acceptors (Lipinski definition) is 5. The van der Waals surface area contributed by atoms with Crippen LogP contribution in [0.4, 0.5) is 5.13 Å². The van der Waals surface area contributed by atoms with Crippen molar-refractivity contribution in [3.05, 3.63) is 10.6 Å². The van der Waals surface area contributed by atoms with Gasteiger partial charge in [0.1, 0.15) is 0 Å². The fourth-order valence-corrected chi connectivity index (χ4v) is 3.73. The van der Waals surface area contributed by atoms with Gasteiger partial charge in [0.15, 0.2) is 5.13 Å². The summed E-state index contributed by atoms with van der Waals surface area (Å²) in [6.07, 6.45) is 3.01. The first-order chi connectivity index (χ1) is 9.26. The van der Waals surface area contributed by atoms with Crippen LogP contribution in [-0.2, 0) is 17.8 Å². The maximum Gasteiger partial charge on any atom is 0.243 e. The largest absolute Gasteiger partial charge is 0.306 e. The number of amides is 1. The molecule has 3 rings (SSSR count). The van der Waals surface area contributed by atoms with Gasteiger partial charge in [-0.05, 0) is 25.9 Å². The van der Waals surface area contributed by atoms with Gasteiger partial charge in [-0.15, -0.1) is 23.7 Å². The van der Waals surface area contributed by atoms with Crippen molar-refractivity contribution in [2.45, 2.75) is 38.8 Å². The zero-order valence-corrected chi connectivity index (χ0v) is 13.3. The molecule has 1 amide bonds. The molecule has 7 heteroatoms. The fourth-order valence-electron chi connectivity index (χ4n) is 2.67. The van der Waals surface area contributed by atoms with Crippen LogP contribution >= 0.6 is 23.7 Å². The van der Waals surface area contributed by atoms with Crippen LogP contribution in [0.5, 0.6) is 0 Å². The van der Waals surface area contributed by atoms with Crippen molar-refractivity contribution < 1.29 is 4.79 Å². The van der Waals surface area contributed by atoms with Crippen molar-refractivity contribution in [2.24, 2.45) is 0 Å². The molecule has 112 valence electrons. The highest BCUT2D eigenvalue weighted by Crippen LogP contribution is 2.28. The second kappa shape index (κ2) is 6.85. The quantitative estimate of drug-likeness (QED) is 0.890. The number of fused-ring (bicyclic) bond motifs is 1. The molecular weight excluding hydrogens is 296 g/mol. The Morgan fingerprint density at radius 2 is 2.45 bits per heavy atom. The summed E-state index contributed by atoms with van der Waals surface area (Å²) in [5, 5.41) is 6.94. The highest BCUT2D eigenvalue weighted by Gasteiger charge is 2.24. The van der Waals surface area contributed by atoms with Crippen molar-refractivity contribution >= 4 is 34.8 Å². The lowest BCUT2D eigenvalue weighted by atomic mass is 10.2. The molecule has 0 aliphatic carbocycles. The second-order valence-corrected chi connectivity index (χ2v) is 6.23.